The first-order valence-corrected chi connectivity index (χ1v) is 10.8. The van der Waals surface area contributed by atoms with Gasteiger partial charge in [-0.05, 0) is 57.7 Å². The lowest BCUT2D eigenvalue weighted by molar-refractivity contribution is 0.566. The van der Waals surface area contributed by atoms with Crippen molar-refractivity contribution in [2.75, 3.05) is 18.4 Å². The van der Waals surface area contributed by atoms with Crippen LogP contribution in [0.2, 0.25) is 0 Å². The van der Waals surface area contributed by atoms with Crippen molar-refractivity contribution >= 4 is 37.3 Å². The fourth-order valence-electron chi connectivity index (χ4n) is 2.52. The van der Waals surface area contributed by atoms with E-state index in [4.69, 9.17) is 0 Å². The minimum atomic E-state index is -3.13. The van der Waals surface area contributed by atoms with Crippen molar-refractivity contribution in [3.05, 3.63) is 22.7 Å². The van der Waals surface area contributed by atoms with Gasteiger partial charge in [0.25, 0.3) is 0 Å². The summed E-state index contributed by atoms with van der Waals surface area (Å²) in [5.74, 6) is 0. The average molecular weight is 370 g/mol. The summed E-state index contributed by atoms with van der Waals surface area (Å²) in [5, 5.41) is 3.13. The van der Waals surface area contributed by atoms with Crippen molar-refractivity contribution in [2.45, 2.75) is 52.2 Å². The highest BCUT2D eigenvalue weighted by atomic mass is 32.2. The van der Waals surface area contributed by atoms with Gasteiger partial charge in [-0.3, -0.25) is 0 Å². The number of sulfonamides is 1. The lowest BCUT2D eigenvalue weighted by Crippen LogP contribution is -2.31. The molecule has 24 heavy (non-hydrogen) atoms. The number of nitrogens with one attached hydrogen (secondary N) is 2. The summed E-state index contributed by atoms with van der Waals surface area (Å²) >= 11 is 1.68. The highest BCUT2D eigenvalue weighted by Gasteiger charge is 2.14. The van der Waals surface area contributed by atoms with Crippen LogP contribution >= 0.6 is 11.3 Å². The molecule has 0 amide bonds. The average Bonchev–Trinajstić information content (AvgIpc) is 3.01. The monoisotopic (exact) mass is 369 g/mol. The van der Waals surface area contributed by atoms with Crippen molar-refractivity contribution < 1.29 is 8.42 Å². The summed E-state index contributed by atoms with van der Waals surface area (Å²) in [6.07, 6.45) is 2.87. The molecule has 0 aliphatic heterocycles. The van der Waals surface area contributed by atoms with Crippen LogP contribution in [-0.2, 0) is 10.0 Å². The minimum Gasteiger partial charge on any atom is -0.385 e. The van der Waals surface area contributed by atoms with Gasteiger partial charge in [-0.15, -0.1) is 11.3 Å². The van der Waals surface area contributed by atoms with E-state index in [0.29, 0.717) is 6.54 Å². The molecule has 0 radical (unpaired) electrons. The fraction of sp³-hybridized carbons (Fsp3) is 0.588. The van der Waals surface area contributed by atoms with Crippen LogP contribution in [0.4, 0.5) is 5.69 Å². The lowest BCUT2D eigenvalue weighted by Gasteiger charge is -2.12. The topological polar surface area (TPSA) is 71.1 Å². The number of hydrogen-bond donors (Lipinski definition) is 2. The Balaban J connectivity index is 1.74. The van der Waals surface area contributed by atoms with E-state index in [9.17, 15) is 8.42 Å². The molecule has 0 fully saturated rings. The van der Waals surface area contributed by atoms with Gasteiger partial charge in [-0.2, -0.15) is 0 Å². The fourth-order valence-corrected chi connectivity index (χ4v) is 4.16. The second-order valence-corrected chi connectivity index (χ2v) is 9.55. The Morgan fingerprint density at radius 3 is 2.58 bits per heavy atom. The second kappa shape index (κ2) is 8.27. The maximum absolute atomic E-state index is 11.6. The molecule has 2 N–H and O–H groups in total. The van der Waals surface area contributed by atoms with Crippen molar-refractivity contribution in [1.82, 2.24) is 9.71 Å². The van der Waals surface area contributed by atoms with E-state index in [1.54, 1.807) is 25.2 Å². The number of hydrogen-bond acceptors (Lipinski definition) is 5. The number of nitrogens with zero attached hydrogens (tertiary/aromatic N) is 1. The molecule has 0 saturated carbocycles. The molecular formula is C17H27N3O2S2. The van der Waals surface area contributed by atoms with Crippen molar-refractivity contribution in [3.8, 4) is 0 Å². The molecule has 1 aromatic carbocycles. The molecule has 0 atom stereocenters. The number of unbranched alkanes of at least 4 members (excludes halogenated alkanes) is 2. The summed E-state index contributed by atoms with van der Waals surface area (Å²) in [6, 6.07) is 2.16. The van der Waals surface area contributed by atoms with Crippen LogP contribution in [0.25, 0.3) is 10.2 Å². The highest BCUT2D eigenvalue weighted by molar-refractivity contribution is 7.90. The van der Waals surface area contributed by atoms with Gasteiger partial charge in [0.2, 0.25) is 10.0 Å². The SMILES string of the molecule is Cc1cc(NCCCCCNS(=O)(=O)C(C)C)c(C)c2scnc12. The van der Waals surface area contributed by atoms with Gasteiger partial charge in [0.1, 0.15) is 0 Å². The van der Waals surface area contributed by atoms with Crippen LogP contribution in [0.15, 0.2) is 11.6 Å². The second-order valence-electron chi connectivity index (χ2n) is 6.37. The van der Waals surface area contributed by atoms with E-state index < -0.39 is 10.0 Å². The Kier molecular flexibility index (Phi) is 6.60. The molecule has 0 aliphatic rings. The Morgan fingerprint density at radius 1 is 1.17 bits per heavy atom. The number of anilines is 1. The van der Waals surface area contributed by atoms with Crippen molar-refractivity contribution in [3.63, 3.8) is 0 Å². The van der Waals surface area contributed by atoms with Gasteiger partial charge in [-0.25, -0.2) is 18.1 Å². The quantitative estimate of drug-likeness (QED) is 0.659. The normalized spacial score (nSPS) is 12.2. The highest BCUT2D eigenvalue weighted by Crippen LogP contribution is 2.30. The molecule has 1 heterocycles. The molecule has 0 aliphatic carbocycles. The van der Waals surface area contributed by atoms with Crippen molar-refractivity contribution in [2.24, 2.45) is 0 Å². The Hall–Kier alpha value is -1.18. The third kappa shape index (κ3) is 4.68. The van der Waals surface area contributed by atoms with E-state index in [1.807, 2.05) is 5.51 Å². The zero-order chi connectivity index (χ0) is 17.7. The molecule has 134 valence electrons. The summed E-state index contributed by atoms with van der Waals surface area (Å²) < 4.78 is 27.2. The summed E-state index contributed by atoms with van der Waals surface area (Å²) in [6.45, 7) is 9.01. The zero-order valence-electron chi connectivity index (χ0n) is 14.8. The molecule has 0 spiro atoms. The Morgan fingerprint density at radius 2 is 1.88 bits per heavy atom. The Bertz CT molecular complexity index is 782. The standard InChI is InChI=1S/C17H27N3O2S2/c1-12(2)24(21,22)20-9-7-5-6-8-18-15-10-13(3)16-17(14(15)4)23-11-19-16/h10-12,18,20H,5-9H2,1-4H3. The molecule has 2 rings (SSSR count). The largest absolute Gasteiger partial charge is 0.385 e. The van der Waals surface area contributed by atoms with Gasteiger partial charge in [-0.1, -0.05) is 6.42 Å². The molecule has 0 saturated heterocycles. The first-order chi connectivity index (χ1) is 11.3. The summed E-state index contributed by atoms with van der Waals surface area (Å²) in [5.41, 5.74) is 6.61. The summed E-state index contributed by atoms with van der Waals surface area (Å²) in [7, 11) is -3.13. The van der Waals surface area contributed by atoms with Gasteiger partial charge >= 0.3 is 0 Å². The molecule has 5 nitrogen and oxygen atoms in total. The zero-order valence-corrected chi connectivity index (χ0v) is 16.5. The molecular weight excluding hydrogens is 342 g/mol. The first kappa shape index (κ1) is 19.1. The van der Waals surface area contributed by atoms with E-state index in [0.717, 1.165) is 31.3 Å². The van der Waals surface area contributed by atoms with E-state index in [2.05, 4.69) is 34.9 Å². The number of aromatic nitrogens is 1. The van der Waals surface area contributed by atoms with Crippen LogP contribution < -0.4 is 10.0 Å². The number of aryl methyl sites for hydroxylation is 2. The van der Waals surface area contributed by atoms with Gasteiger partial charge < -0.3 is 5.32 Å². The van der Waals surface area contributed by atoms with E-state index in [1.165, 1.54) is 21.5 Å². The van der Waals surface area contributed by atoms with Crippen LogP contribution in [0.5, 0.6) is 0 Å². The van der Waals surface area contributed by atoms with Crippen LogP contribution in [0, 0.1) is 13.8 Å². The lowest BCUT2D eigenvalue weighted by atomic mass is 10.1. The molecule has 2 aromatic rings. The van der Waals surface area contributed by atoms with E-state index >= 15 is 0 Å². The maximum atomic E-state index is 11.6. The minimum absolute atomic E-state index is 0.368. The predicted molar refractivity (Wildman–Crippen MR) is 103 cm³/mol. The molecule has 1 aromatic heterocycles. The third-order valence-electron chi connectivity index (χ3n) is 4.14. The molecule has 0 unspecified atom stereocenters. The number of rotatable bonds is 9. The van der Waals surface area contributed by atoms with Crippen LogP contribution in [0.1, 0.15) is 44.2 Å². The van der Waals surface area contributed by atoms with Gasteiger partial charge in [0.15, 0.2) is 0 Å². The smallest absolute Gasteiger partial charge is 0.213 e. The van der Waals surface area contributed by atoms with Gasteiger partial charge in [0.05, 0.1) is 21.0 Å². The third-order valence-corrected chi connectivity index (χ3v) is 6.93. The number of fused-ring (bicyclic) bond motifs is 1. The molecule has 0 bridgehead atoms. The predicted octanol–water partition coefficient (Wildman–Crippen LogP) is 3.82. The van der Waals surface area contributed by atoms with Gasteiger partial charge in [0, 0.05) is 18.8 Å². The number of thiazole rings is 1. The molecule has 7 heteroatoms. The van der Waals surface area contributed by atoms with E-state index in [-0.39, 0.29) is 5.25 Å². The van der Waals surface area contributed by atoms with Crippen LogP contribution in [0.3, 0.4) is 0 Å². The maximum Gasteiger partial charge on any atom is 0.213 e. The summed E-state index contributed by atoms with van der Waals surface area (Å²) in [4.78, 5) is 4.42. The van der Waals surface area contributed by atoms with Crippen LogP contribution in [-0.4, -0.2) is 31.7 Å². The first-order valence-electron chi connectivity index (χ1n) is 8.38. The Labute approximate surface area is 148 Å². The van der Waals surface area contributed by atoms with Crippen molar-refractivity contribution in [1.29, 1.82) is 0 Å². The number of benzene rings is 1.